The Morgan fingerprint density at radius 1 is 1.24 bits per heavy atom. The Kier molecular flexibility index (Phi) is 6.50. The van der Waals surface area contributed by atoms with Gasteiger partial charge >= 0.3 is 0 Å². The van der Waals surface area contributed by atoms with Crippen LogP contribution < -0.4 is 5.73 Å². The second-order valence-corrected chi connectivity index (χ2v) is 6.19. The summed E-state index contributed by atoms with van der Waals surface area (Å²) in [4.78, 5) is 2.66. The third-order valence-electron chi connectivity index (χ3n) is 4.24. The molecule has 1 rings (SSSR count). The first kappa shape index (κ1) is 15.0. The third kappa shape index (κ3) is 4.59. The van der Waals surface area contributed by atoms with Gasteiger partial charge in [-0.25, -0.2) is 0 Å². The van der Waals surface area contributed by atoms with E-state index in [1.165, 1.54) is 45.1 Å². The SMILES string of the molecule is CCCCCN(C(C)C)C1CC(C)CCC1N. The molecule has 0 aromatic rings. The molecule has 2 nitrogen and oxygen atoms in total. The van der Waals surface area contributed by atoms with Gasteiger partial charge in [-0.2, -0.15) is 0 Å². The lowest BCUT2D eigenvalue weighted by molar-refractivity contribution is 0.0855. The van der Waals surface area contributed by atoms with Gasteiger partial charge in [0.05, 0.1) is 0 Å². The van der Waals surface area contributed by atoms with Crippen molar-refractivity contribution >= 4 is 0 Å². The second-order valence-electron chi connectivity index (χ2n) is 6.19. The van der Waals surface area contributed by atoms with E-state index in [2.05, 4.69) is 32.6 Å². The van der Waals surface area contributed by atoms with Crippen LogP contribution in [-0.2, 0) is 0 Å². The minimum Gasteiger partial charge on any atom is -0.326 e. The maximum atomic E-state index is 6.34. The molecule has 17 heavy (non-hydrogen) atoms. The van der Waals surface area contributed by atoms with Crippen LogP contribution in [0, 0.1) is 5.92 Å². The summed E-state index contributed by atoms with van der Waals surface area (Å²) >= 11 is 0. The monoisotopic (exact) mass is 240 g/mol. The molecule has 0 radical (unpaired) electrons. The summed E-state index contributed by atoms with van der Waals surface area (Å²) in [6, 6.07) is 1.65. The summed E-state index contributed by atoms with van der Waals surface area (Å²) in [5, 5.41) is 0. The van der Waals surface area contributed by atoms with Crippen molar-refractivity contribution in [2.24, 2.45) is 11.7 Å². The average molecular weight is 240 g/mol. The van der Waals surface area contributed by atoms with Crippen molar-refractivity contribution in [3.8, 4) is 0 Å². The fraction of sp³-hybridized carbons (Fsp3) is 1.00. The van der Waals surface area contributed by atoms with E-state index < -0.39 is 0 Å². The van der Waals surface area contributed by atoms with E-state index in [1.807, 2.05) is 0 Å². The molecular weight excluding hydrogens is 208 g/mol. The Labute approximate surface area is 108 Å². The van der Waals surface area contributed by atoms with Crippen molar-refractivity contribution in [3.05, 3.63) is 0 Å². The second kappa shape index (κ2) is 7.38. The molecule has 0 aromatic heterocycles. The molecule has 0 heterocycles. The maximum absolute atomic E-state index is 6.34. The van der Waals surface area contributed by atoms with Gasteiger partial charge in [0.15, 0.2) is 0 Å². The molecule has 3 unspecified atom stereocenters. The Morgan fingerprint density at radius 3 is 2.53 bits per heavy atom. The fourth-order valence-electron chi connectivity index (χ4n) is 3.11. The molecule has 0 saturated heterocycles. The minimum atomic E-state index is 0.398. The average Bonchev–Trinajstić information content (AvgIpc) is 2.28. The van der Waals surface area contributed by atoms with Crippen LogP contribution >= 0.6 is 0 Å². The highest BCUT2D eigenvalue weighted by molar-refractivity contribution is 4.89. The molecule has 2 heteroatoms. The van der Waals surface area contributed by atoms with Crippen molar-refractivity contribution in [2.75, 3.05) is 6.54 Å². The number of hydrogen-bond donors (Lipinski definition) is 1. The molecule has 1 saturated carbocycles. The largest absolute Gasteiger partial charge is 0.326 e. The van der Waals surface area contributed by atoms with Crippen LogP contribution in [0.2, 0.25) is 0 Å². The van der Waals surface area contributed by atoms with Gasteiger partial charge in [0.1, 0.15) is 0 Å². The number of nitrogens with zero attached hydrogens (tertiary/aromatic N) is 1. The number of nitrogens with two attached hydrogens (primary N) is 1. The summed E-state index contributed by atoms with van der Waals surface area (Å²) in [6.45, 7) is 10.5. The third-order valence-corrected chi connectivity index (χ3v) is 4.24. The lowest BCUT2D eigenvalue weighted by Gasteiger charge is -2.42. The molecular formula is C15H32N2. The first-order chi connectivity index (χ1) is 8.06. The molecule has 0 aliphatic heterocycles. The van der Waals surface area contributed by atoms with Gasteiger partial charge in [-0.05, 0) is 52.0 Å². The Balaban J connectivity index is 2.54. The highest BCUT2D eigenvalue weighted by Crippen LogP contribution is 2.28. The summed E-state index contributed by atoms with van der Waals surface area (Å²) in [6.07, 6.45) is 7.80. The molecule has 2 N–H and O–H groups in total. The highest BCUT2D eigenvalue weighted by atomic mass is 15.2. The first-order valence-electron chi connectivity index (χ1n) is 7.57. The molecule has 102 valence electrons. The first-order valence-corrected chi connectivity index (χ1v) is 7.57. The van der Waals surface area contributed by atoms with Gasteiger partial charge in [0.25, 0.3) is 0 Å². The van der Waals surface area contributed by atoms with Crippen LogP contribution in [0.15, 0.2) is 0 Å². The van der Waals surface area contributed by atoms with Crippen molar-refractivity contribution in [2.45, 2.75) is 84.3 Å². The van der Waals surface area contributed by atoms with Crippen molar-refractivity contribution < 1.29 is 0 Å². The van der Waals surface area contributed by atoms with Gasteiger partial charge in [-0.3, -0.25) is 4.90 Å². The van der Waals surface area contributed by atoms with Crippen LogP contribution in [0.4, 0.5) is 0 Å². The zero-order chi connectivity index (χ0) is 12.8. The normalized spacial score (nSPS) is 30.2. The van der Waals surface area contributed by atoms with E-state index in [4.69, 9.17) is 5.73 Å². The van der Waals surface area contributed by atoms with Gasteiger partial charge in [0, 0.05) is 18.1 Å². The molecule has 0 aromatic carbocycles. The predicted octanol–water partition coefficient (Wildman–Crippen LogP) is 3.40. The van der Waals surface area contributed by atoms with E-state index in [1.54, 1.807) is 0 Å². The quantitative estimate of drug-likeness (QED) is 0.721. The summed E-state index contributed by atoms with van der Waals surface area (Å²) in [7, 11) is 0. The molecule has 1 aliphatic carbocycles. The molecule has 0 spiro atoms. The number of rotatable bonds is 6. The van der Waals surface area contributed by atoms with E-state index in [0.29, 0.717) is 18.1 Å². The van der Waals surface area contributed by atoms with E-state index >= 15 is 0 Å². The van der Waals surface area contributed by atoms with Gasteiger partial charge in [-0.15, -0.1) is 0 Å². The van der Waals surface area contributed by atoms with Crippen LogP contribution in [0.25, 0.3) is 0 Å². The topological polar surface area (TPSA) is 29.3 Å². The van der Waals surface area contributed by atoms with Crippen LogP contribution in [-0.4, -0.2) is 29.6 Å². The van der Waals surface area contributed by atoms with E-state index in [0.717, 1.165) is 5.92 Å². The Hall–Kier alpha value is -0.0800. The number of unbranched alkanes of at least 4 members (excludes halogenated alkanes) is 2. The molecule has 0 amide bonds. The van der Waals surface area contributed by atoms with E-state index in [9.17, 15) is 0 Å². The zero-order valence-corrected chi connectivity index (χ0v) is 12.3. The van der Waals surface area contributed by atoms with Crippen molar-refractivity contribution in [1.29, 1.82) is 0 Å². The molecule has 1 aliphatic rings. The Bertz CT molecular complexity index is 203. The van der Waals surface area contributed by atoms with Crippen molar-refractivity contribution in [3.63, 3.8) is 0 Å². The van der Waals surface area contributed by atoms with Crippen LogP contribution in [0.5, 0.6) is 0 Å². The maximum Gasteiger partial charge on any atom is 0.0252 e. The Morgan fingerprint density at radius 2 is 1.94 bits per heavy atom. The molecule has 3 atom stereocenters. The summed E-state index contributed by atoms with van der Waals surface area (Å²) in [5.41, 5.74) is 6.34. The summed E-state index contributed by atoms with van der Waals surface area (Å²) in [5.74, 6) is 0.854. The van der Waals surface area contributed by atoms with Crippen LogP contribution in [0.3, 0.4) is 0 Å². The number of hydrogen-bond acceptors (Lipinski definition) is 2. The van der Waals surface area contributed by atoms with Gasteiger partial charge in [-0.1, -0.05) is 26.7 Å². The van der Waals surface area contributed by atoms with Gasteiger partial charge in [0.2, 0.25) is 0 Å². The fourth-order valence-corrected chi connectivity index (χ4v) is 3.11. The lowest BCUT2D eigenvalue weighted by Crippen LogP contribution is -2.53. The van der Waals surface area contributed by atoms with Gasteiger partial charge < -0.3 is 5.73 Å². The summed E-state index contributed by atoms with van der Waals surface area (Å²) < 4.78 is 0. The van der Waals surface area contributed by atoms with E-state index in [-0.39, 0.29) is 0 Å². The molecule has 1 fully saturated rings. The predicted molar refractivity (Wildman–Crippen MR) is 76.1 cm³/mol. The highest BCUT2D eigenvalue weighted by Gasteiger charge is 2.31. The van der Waals surface area contributed by atoms with Crippen LogP contribution in [0.1, 0.15) is 66.2 Å². The standard InChI is InChI=1S/C15H32N2/c1-5-6-7-10-17(12(2)3)15-11-13(4)8-9-14(15)16/h12-15H,5-11,16H2,1-4H3. The van der Waals surface area contributed by atoms with Crippen molar-refractivity contribution in [1.82, 2.24) is 4.90 Å². The minimum absolute atomic E-state index is 0.398. The molecule has 0 bridgehead atoms. The smallest absolute Gasteiger partial charge is 0.0252 e. The lowest BCUT2D eigenvalue weighted by atomic mass is 9.82. The zero-order valence-electron chi connectivity index (χ0n) is 12.3.